The number of carbonyl (C=O) groups excluding carboxylic acids is 1. The van der Waals surface area contributed by atoms with Gasteiger partial charge in [0.2, 0.25) is 0 Å². The normalized spacial score (nSPS) is 16.9. The quantitative estimate of drug-likeness (QED) is 0.860. The number of pyridine rings is 1. The highest BCUT2D eigenvalue weighted by molar-refractivity contribution is 5.92. The van der Waals surface area contributed by atoms with Gasteiger partial charge in [-0.1, -0.05) is 6.92 Å². The lowest BCUT2D eigenvalue weighted by atomic mass is 10.1. The van der Waals surface area contributed by atoms with Crippen molar-refractivity contribution in [2.75, 3.05) is 32.0 Å². The maximum Gasteiger partial charge on any atom is 0.270 e. The minimum absolute atomic E-state index is 0.0680. The first-order chi connectivity index (χ1) is 9.69. The van der Waals surface area contributed by atoms with E-state index in [0.29, 0.717) is 5.69 Å². The predicted molar refractivity (Wildman–Crippen MR) is 81.0 cm³/mol. The maximum absolute atomic E-state index is 12.1. The summed E-state index contributed by atoms with van der Waals surface area (Å²) in [5, 5.41) is 6.32. The first-order valence-corrected chi connectivity index (χ1v) is 7.38. The monoisotopic (exact) mass is 276 g/mol. The summed E-state index contributed by atoms with van der Waals surface area (Å²) in [5.74, 6) is -0.0680. The molecule has 0 spiro atoms. The summed E-state index contributed by atoms with van der Waals surface area (Å²) >= 11 is 0. The van der Waals surface area contributed by atoms with Crippen LogP contribution in [-0.2, 0) is 0 Å². The van der Waals surface area contributed by atoms with Gasteiger partial charge in [-0.05, 0) is 51.5 Å². The van der Waals surface area contributed by atoms with Gasteiger partial charge in [0, 0.05) is 12.6 Å². The number of aromatic nitrogens is 1. The molecular formula is C15H24N4O. The predicted octanol–water partition coefficient (Wildman–Crippen LogP) is 1.73. The minimum Gasteiger partial charge on any atom is -0.384 e. The molecule has 1 aromatic rings. The van der Waals surface area contributed by atoms with Crippen molar-refractivity contribution in [2.45, 2.75) is 32.2 Å². The third-order valence-electron chi connectivity index (χ3n) is 3.63. The summed E-state index contributed by atoms with van der Waals surface area (Å²) in [6, 6.07) is 3.97. The van der Waals surface area contributed by atoms with Crippen LogP contribution in [0.2, 0.25) is 0 Å². The summed E-state index contributed by atoms with van der Waals surface area (Å²) in [4.78, 5) is 18.6. The zero-order valence-corrected chi connectivity index (χ0v) is 12.4. The Morgan fingerprint density at radius 1 is 1.40 bits per heavy atom. The zero-order chi connectivity index (χ0) is 14.4. The number of nitrogens with zero attached hydrogens (tertiary/aromatic N) is 2. The highest BCUT2D eigenvalue weighted by Crippen LogP contribution is 2.10. The Hall–Kier alpha value is -1.62. The molecular weight excluding hydrogens is 252 g/mol. The largest absolute Gasteiger partial charge is 0.384 e. The summed E-state index contributed by atoms with van der Waals surface area (Å²) < 4.78 is 0. The van der Waals surface area contributed by atoms with Crippen LogP contribution in [0, 0.1) is 0 Å². The van der Waals surface area contributed by atoms with Gasteiger partial charge in [-0.15, -0.1) is 0 Å². The smallest absolute Gasteiger partial charge is 0.270 e. The Morgan fingerprint density at radius 3 is 2.75 bits per heavy atom. The number of anilines is 1. The second-order valence-corrected chi connectivity index (χ2v) is 5.41. The van der Waals surface area contributed by atoms with E-state index < -0.39 is 0 Å². The van der Waals surface area contributed by atoms with Crippen molar-refractivity contribution in [2.24, 2.45) is 0 Å². The molecule has 20 heavy (non-hydrogen) atoms. The molecule has 0 saturated carbocycles. The van der Waals surface area contributed by atoms with Gasteiger partial charge in [-0.25, -0.2) is 4.98 Å². The molecule has 1 aromatic heterocycles. The van der Waals surface area contributed by atoms with Crippen molar-refractivity contribution in [3.8, 4) is 0 Å². The fourth-order valence-electron chi connectivity index (χ4n) is 2.31. The molecule has 2 rings (SSSR count). The van der Waals surface area contributed by atoms with Crippen LogP contribution in [0.1, 0.15) is 36.7 Å². The van der Waals surface area contributed by atoms with E-state index in [1.807, 2.05) is 6.07 Å². The van der Waals surface area contributed by atoms with Gasteiger partial charge >= 0.3 is 0 Å². The standard InChI is InChI=1S/C15H24N4O/c1-3-8-16-13-4-5-14(17-11-13)15(20)18-12-6-9-19(2)10-7-12/h4-5,11-12,16H,3,6-10H2,1-2H3,(H,18,20). The van der Waals surface area contributed by atoms with E-state index >= 15 is 0 Å². The Bertz CT molecular complexity index is 424. The Morgan fingerprint density at radius 2 is 2.15 bits per heavy atom. The third-order valence-corrected chi connectivity index (χ3v) is 3.63. The van der Waals surface area contributed by atoms with Crippen molar-refractivity contribution >= 4 is 11.6 Å². The number of hydrogen-bond donors (Lipinski definition) is 2. The van der Waals surface area contributed by atoms with Gasteiger partial charge in [0.1, 0.15) is 5.69 Å². The zero-order valence-electron chi connectivity index (χ0n) is 12.4. The maximum atomic E-state index is 12.1. The topological polar surface area (TPSA) is 57.3 Å². The summed E-state index contributed by atoms with van der Waals surface area (Å²) in [6.45, 7) is 5.11. The molecule has 1 saturated heterocycles. The van der Waals surface area contributed by atoms with Crippen molar-refractivity contribution in [3.05, 3.63) is 24.0 Å². The van der Waals surface area contributed by atoms with E-state index in [2.05, 4.69) is 34.5 Å². The van der Waals surface area contributed by atoms with E-state index in [9.17, 15) is 4.79 Å². The fraction of sp³-hybridized carbons (Fsp3) is 0.600. The Kier molecular flexibility index (Phi) is 5.35. The van der Waals surface area contributed by atoms with E-state index in [-0.39, 0.29) is 11.9 Å². The molecule has 110 valence electrons. The van der Waals surface area contributed by atoms with Crippen LogP contribution in [0.15, 0.2) is 18.3 Å². The average molecular weight is 276 g/mol. The third kappa shape index (κ3) is 4.20. The molecule has 0 atom stereocenters. The number of piperidine rings is 1. The van der Waals surface area contributed by atoms with Gasteiger partial charge < -0.3 is 15.5 Å². The lowest BCUT2D eigenvalue weighted by molar-refractivity contribution is 0.0912. The second kappa shape index (κ2) is 7.24. The molecule has 1 amide bonds. The number of likely N-dealkylation sites (tertiary alicyclic amines) is 1. The number of rotatable bonds is 5. The Balaban J connectivity index is 1.85. The summed E-state index contributed by atoms with van der Waals surface area (Å²) in [6.07, 6.45) is 4.81. The van der Waals surface area contributed by atoms with E-state index in [0.717, 1.165) is 44.6 Å². The highest BCUT2D eigenvalue weighted by Gasteiger charge is 2.19. The molecule has 2 N–H and O–H groups in total. The summed E-state index contributed by atoms with van der Waals surface area (Å²) in [5.41, 5.74) is 1.45. The van der Waals surface area contributed by atoms with Gasteiger partial charge in [0.05, 0.1) is 11.9 Å². The van der Waals surface area contributed by atoms with Crippen LogP contribution in [0.5, 0.6) is 0 Å². The van der Waals surface area contributed by atoms with Crippen molar-refractivity contribution in [3.63, 3.8) is 0 Å². The van der Waals surface area contributed by atoms with Gasteiger partial charge in [-0.3, -0.25) is 4.79 Å². The lowest BCUT2D eigenvalue weighted by Crippen LogP contribution is -2.43. The number of carbonyl (C=O) groups is 1. The molecule has 1 aliphatic rings. The summed E-state index contributed by atoms with van der Waals surface area (Å²) in [7, 11) is 2.11. The fourth-order valence-corrected chi connectivity index (χ4v) is 2.31. The molecule has 5 nitrogen and oxygen atoms in total. The molecule has 2 heterocycles. The van der Waals surface area contributed by atoms with E-state index in [1.54, 1.807) is 12.3 Å². The Labute approximate surface area is 120 Å². The first-order valence-electron chi connectivity index (χ1n) is 7.38. The molecule has 0 radical (unpaired) electrons. The molecule has 5 heteroatoms. The molecule has 1 fully saturated rings. The SMILES string of the molecule is CCCNc1ccc(C(=O)NC2CCN(C)CC2)nc1. The number of amides is 1. The highest BCUT2D eigenvalue weighted by atomic mass is 16.1. The minimum atomic E-state index is -0.0680. The number of hydrogen-bond acceptors (Lipinski definition) is 4. The first kappa shape index (κ1) is 14.8. The van der Waals surface area contributed by atoms with E-state index in [4.69, 9.17) is 0 Å². The van der Waals surface area contributed by atoms with Crippen LogP contribution in [0.4, 0.5) is 5.69 Å². The molecule has 1 aliphatic heterocycles. The lowest BCUT2D eigenvalue weighted by Gasteiger charge is -2.29. The van der Waals surface area contributed by atoms with Crippen LogP contribution in [0.25, 0.3) is 0 Å². The molecule has 0 aliphatic carbocycles. The van der Waals surface area contributed by atoms with Gasteiger partial charge in [-0.2, -0.15) is 0 Å². The molecule has 0 unspecified atom stereocenters. The molecule has 0 aromatic carbocycles. The average Bonchev–Trinajstić information content (AvgIpc) is 2.48. The van der Waals surface area contributed by atoms with Gasteiger partial charge in [0.25, 0.3) is 5.91 Å². The van der Waals surface area contributed by atoms with Crippen LogP contribution in [0.3, 0.4) is 0 Å². The van der Waals surface area contributed by atoms with Crippen molar-refractivity contribution in [1.82, 2.24) is 15.2 Å². The number of nitrogens with one attached hydrogen (secondary N) is 2. The van der Waals surface area contributed by atoms with Crippen LogP contribution in [-0.4, -0.2) is 48.5 Å². The van der Waals surface area contributed by atoms with E-state index in [1.165, 1.54) is 0 Å². The molecule has 0 bridgehead atoms. The van der Waals surface area contributed by atoms with Crippen LogP contribution >= 0.6 is 0 Å². The second-order valence-electron chi connectivity index (χ2n) is 5.41. The van der Waals surface area contributed by atoms with Gasteiger partial charge in [0.15, 0.2) is 0 Å². The van der Waals surface area contributed by atoms with Crippen molar-refractivity contribution < 1.29 is 4.79 Å². The van der Waals surface area contributed by atoms with Crippen LogP contribution < -0.4 is 10.6 Å². The van der Waals surface area contributed by atoms with Crippen molar-refractivity contribution in [1.29, 1.82) is 0 Å².